The monoisotopic (exact) mass is 414 g/mol. The lowest BCUT2D eigenvalue weighted by Gasteiger charge is -2.23. The summed E-state index contributed by atoms with van der Waals surface area (Å²) in [5, 5.41) is 9.26. The molecule has 0 aliphatic rings. The molecule has 1 amide bonds. The van der Waals surface area contributed by atoms with Crippen molar-refractivity contribution in [2.45, 2.75) is 19.1 Å². The van der Waals surface area contributed by atoms with E-state index in [1.54, 1.807) is 0 Å². The van der Waals surface area contributed by atoms with Crippen molar-refractivity contribution in [3.63, 3.8) is 0 Å². The summed E-state index contributed by atoms with van der Waals surface area (Å²) in [6, 6.07) is 2.44. The average Bonchev–Trinajstić information content (AvgIpc) is 2.52. The highest BCUT2D eigenvalue weighted by molar-refractivity contribution is 7.84. The zero-order valence-corrected chi connectivity index (χ0v) is 14.8. The predicted octanol–water partition coefficient (Wildman–Crippen LogP) is 2.63. The maximum absolute atomic E-state index is 12.8. The number of anilines is 1. The summed E-state index contributed by atoms with van der Waals surface area (Å²) in [5.41, 5.74) is -1.32. The van der Waals surface area contributed by atoms with Crippen molar-refractivity contribution in [2.24, 2.45) is 0 Å². The van der Waals surface area contributed by atoms with Gasteiger partial charge in [-0.25, -0.2) is 4.79 Å². The first kappa shape index (κ1) is 21.9. The number of halogens is 4. The maximum atomic E-state index is 12.8. The highest BCUT2D eigenvalue weighted by Gasteiger charge is 2.32. The fraction of sp³-hybridized carbons (Fsp3) is 0.357. The van der Waals surface area contributed by atoms with E-state index < -0.39 is 34.2 Å². The number of hydrogen-bond acceptors (Lipinski definition) is 4. The number of carboxylic acid groups (broad SMARTS) is 1. The number of alkyl halides is 4. The first-order valence-electron chi connectivity index (χ1n) is 6.92. The van der Waals surface area contributed by atoms with Crippen molar-refractivity contribution in [3.8, 4) is 12.0 Å². The second-order valence-electron chi connectivity index (χ2n) is 4.74. The number of carbonyl (C=O) groups is 1. The second-order valence-corrected chi connectivity index (χ2v) is 6.49. The van der Waals surface area contributed by atoms with Crippen LogP contribution in [0.4, 0.5) is 23.7 Å². The molecule has 1 rings (SSSR count). The molecule has 0 radical (unpaired) electrons. The van der Waals surface area contributed by atoms with E-state index in [0.29, 0.717) is 11.0 Å². The van der Waals surface area contributed by atoms with Gasteiger partial charge in [-0.1, -0.05) is 6.07 Å². The summed E-state index contributed by atoms with van der Waals surface area (Å²) in [4.78, 5) is 11.9. The van der Waals surface area contributed by atoms with Gasteiger partial charge in [0.1, 0.15) is 12.1 Å². The molecule has 2 N–H and O–H groups in total. The van der Waals surface area contributed by atoms with Crippen LogP contribution in [0.25, 0.3) is 0 Å². The van der Waals surface area contributed by atoms with Gasteiger partial charge in [-0.05, 0) is 31.0 Å². The molecule has 1 aromatic carbocycles. The van der Waals surface area contributed by atoms with Gasteiger partial charge in [0.2, 0.25) is 0 Å². The van der Waals surface area contributed by atoms with Gasteiger partial charge in [-0.15, -0.1) is 11.6 Å². The molecule has 1 aromatic rings. The van der Waals surface area contributed by atoms with Gasteiger partial charge in [0.15, 0.2) is 0 Å². The molecule has 0 aromatic heterocycles. The van der Waals surface area contributed by atoms with Crippen molar-refractivity contribution in [3.05, 3.63) is 29.8 Å². The minimum atomic E-state index is -4.65. The van der Waals surface area contributed by atoms with Crippen LogP contribution in [0, 0.1) is 12.0 Å². The van der Waals surface area contributed by atoms with Crippen LogP contribution in [-0.2, 0) is 20.7 Å². The Morgan fingerprint density at radius 1 is 1.46 bits per heavy atom. The molecule has 0 saturated carbocycles. The van der Waals surface area contributed by atoms with E-state index in [1.165, 1.54) is 6.92 Å². The zero-order chi connectivity index (χ0) is 20.0. The Morgan fingerprint density at radius 3 is 2.65 bits per heavy atom. The first-order chi connectivity index (χ1) is 12.0. The number of amides is 1. The van der Waals surface area contributed by atoms with Crippen molar-refractivity contribution in [1.82, 2.24) is 4.72 Å². The minimum Gasteiger partial charge on any atom is -0.465 e. The molecule has 0 aliphatic carbocycles. The third-order valence-electron chi connectivity index (χ3n) is 2.84. The average molecular weight is 415 g/mol. The topological polar surface area (TPSA) is 95.9 Å². The van der Waals surface area contributed by atoms with Gasteiger partial charge in [-0.2, -0.15) is 26.3 Å². The molecule has 144 valence electrons. The number of rotatable bonds is 6. The lowest BCUT2D eigenvalue weighted by Crippen LogP contribution is -2.37. The van der Waals surface area contributed by atoms with E-state index in [2.05, 4.69) is 10.1 Å². The summed E-state index contributed by atoms with van der Waals surface area (Å²) in [7, 11) is -4.20. The van der Waals surface area contributed by atoms with E-state index in [9.17, 15) is 31.5 Å². The first-order valence-corrected chi connectivity index (χ1v) is 8.86. The van der Waals surface area contributed by atoms with Crippen LogP contribution in [0.3, 0.4) is 0 Å². The number of benzene rings is 1. The van der Waals surface area contributed by atoms with Crippen LogP contribution in [0.1, 0.15) is 12.5 Å². The quantitative estimate of drug-likeness (QED) is 0.551. The smallest absolute Gasteiger partial charge is 0.416 e. The summed E-state index contributed by atoms with van der Waals surface area (Å²) < 4.78 is 67.3. The van der Waals surface area contributed by atoms with Gasteiger partial charge in [0, 0.05) is 18.1 Å². The van der Waals surface area contributed by atoms with Gasteiger partial charge >= 0.3 is 22.6 Å². The normalized spacial score (nSPS) is 12.7. The van der Waals surface area contributed by atoms with Gasteiger partial charge in [0.25, 0.3) is 0 Å². The van der Waals surface area contributed by atoms with Crippen LogP contribution in [-0.4, -0.2) is 38.1 Å². The molecule has 7 nitrogen and oxygen atoms in total. The maximum Gasteiger partial charge on any atom is 0.416 e. The lowest BCUT2D eigenvalue weighted by atomic mass is 10.1. The van der Waals surface area contributed by atoms with Gasteiger partial charge in [0.05, 0.1) is 5.56 Å². The fourth-order valence-corrected chi connectivity index (χ4v) is 2.53. The Labute approximate surface area is 152 Å². The van der Waals surface area contributed by atoms with Crippen LogP contribution >= 0.6 is 11.6 Å². The molecule has 1 unspecified atom stereocenters. The molecule has 12 heteroatoms. The van der Waals surface area contributed by atoms with E-state index in [4.69, 9.17) is 11.6 Å². The summed E-state index contributed by atoms with van der Waals surface area (Å²) >= 11 is 5.31. The molecule has 0 fully saturated rings. The molecule has 0 spiro atoms. The zero-order valence-electron chi connectivity index (χ0n) is 13.2. The molecular formula is C14H14ClF3N2O5S. The van der Waals surface area contributed by atoms with Crippen molar-refractivity contribution < 1.29 is 35.7 Å². The van der Waals surface area contributed by atoms with Crippen LogP contribution in [0.15, 0.2) is 24.3 Å². The number of hydrogen-bond donors (Lipinski definition) is 2. The molecule has 0 heterocycles. The Hall–Kier alpha value is -2.16. The molecular weight excluding hydrogens is 401 g/mol. The lowest BCUT2D eigenvalue weighted by molar-refractivity contribution is -0.137. The third-order valence-corrected chi connectivity index (χ3v) is 3.89. The summed E-state index contributed by atoms with van der Waals surface area (Å²) in [5.74, 6) is 2.19. The van der Waals surface area contributed by atoms with Crippen molar-refractivity contribution in [1.29, 1.82) is 0 Å². The molecule has 0 aliphatic heterocycles. The van der Waals surface area contributed by atoms with Gasteiger partial charge < -0.3 is 9.29 Å². The van der Waals surface area contributed by atoms with Crippen LogP contribution < -0.4 is 9.62 Å². The minimum absolute atomic E-state index is 0.00520. The second kappa shape index (κ2) is 8.98. The molecule has 0 saturated heterocycles. The Balaban J connectivity index is 3.02. The Bertz CT molecular complexity index is 805. The summed E-state index contributed by atoms with van der Waals surface area (Å²) in [6.45, 7) is 1.15. The number of nitrogens with one attached hydrogen (secondary N) is 1. The Morgan fingerprint density at radius 2 is 2.12 bits per heavy atom. The number of nitrogens with zero attached hydrogens (tertiary/aromatic N) is 1. The summed E-state index contributed by atoms with van der Waals surface area (Å²) in [6.07, 6.45) is -4.41. The molecule has 26 heavy (non-hydrogen) atoms. The van der Waals surface area contributed by atoms with E-state index >= 15 is 0 Å². The van der Waals surface area contributed by atoms with Crippen LogP contribution in [0.5, 0.6) is 0 Å². The van der Waals surface area contributed by atoms with Crippen molar-refractivity contribution in [2.75, 3.05) is 17.3 Å². The highest BCUT2D eigenvalue weighted by atomic mass is 35.5. The molecule has 0 bridgehead atoms. The predicted molar refractivity (Wildman–Crippen MR) is 87.9 cm³/mol. The highest BCUT2D eigenvalue weighted by Crippen LogP contribution is 2.32. The van der Waals surface area contributed by atoms with Gasteiger partial charge in [-0.3, -0.25) is 4.90 Å². The molecule has 1 atom stereocenters. The van der Waals surface area contributed by atoms with Crippen molar-refractivity contribution >= 4 is 33.7 Å². The Kier molecular flexibility index (Phi) is 7.55. The van der Waals surface area contributed by atoms with E-state index in [0.717, 1.165) is 18.2 Å². The third kappa shape index (κ3) is 6.62. The van der Waals surface area contributed by atoms with E-state index in [-0.39, 0.29) is 18.1 Å². The standard InChI is InChI=1S/C14H14ClF3N2O5S/c1-10(5-8-25-26(23,24)19-7-6-15)20(13(21)22)12-4-2-3-11(9-12)14(16,17)18/h2-4,9-10,19H,6-7H2,1H3,(H,21,22). The van der Waals surface area contributed by atoms with E-state index in [1.807, 2.05) is 10.8 Å². The largest absolute Gasteiger partial charge is 0.465 e. The fourth-order valence-electron chi connectivity index (χ4n) is 1.75. The SMILES string of the molecule is CC(C#COS(=O)(=O)NCCCl)N(C(=O)O)c1cccc(C(F)(F)F)c1. The van der Waals surface area contributed by atoms with Crippen LogP contribution in [0.2, 0.25) is 0 Å².